The first-order chi connectivity index (χ1) is 10.6. The lowest BCUT2D eigenvalue weighted by atomic mass is 10.0. The molecule has 0 aliphatic carbocycles. The number of hydrogen-bond acceptors (Lipinski definition) is 2. The van der Waals surface area contributed by atoms with Gasteiger partial charge in [0.15, 0.2) is 0 Å². The van der Waals surface area contributed by atoms with Crippen molar-refractivity contribution in [2.75, 3.05) is 10.6 Å². The van der Waals surface area contributed by atoms with Crippen LogP contribution in [0.15, 0.2) is 48.5 Å². The van der Waals surface area contributed by atoms with Gasteiger partial charge in [0, 0.05) is 23.5 Å². The molecule has 0 aliphatic heterocycles. The van der Waals surface area contributed by atoms with Crippen molar-refractivity contribution in [3.63, 3.8) is 0 Å². The molecule has 0 aliphatic rings. The summed E-state index contributed by atoms with van der Waals surface area (Å²) in [6, 6.07) is 18.4. The highest BCUT2D eigenvalue weighted by Crippen LogP contribution is 2.24. The minimum atomic E-state index is 0. The van der Waals surface area contributed by atoms with Gasteiger partial charge in [-0.15, -0.1) is 0 Å². The van der Waals surface area contributed by atoms with E-state index in [2.05, 4.69) is 86.9 Å². The third kappa shape index (κ3) is 5.63. The Labute approximate surface area is 142 Å². The third-order valence-corrected chi connectivity index (χ3v) is 4.15. The lowest BCUT2D eigenvalue weighted by Crippen LogP contribution is -2.13. The standard InChI is InChI=1S/C20H28N2.CH4/c1-5-15(3)21-19-11-7-17(8-12-19)18-9-13-20(14-10-18)22-16(4)6-2;/h7-16,21-22H,5-6H2,1-4H3;1H4. The average Bonchev–Trinajstić information content (AvgIpc) is 2.56. The van der Waals surface area contributed by atoms with E-state index in [4.69, 9.17) is 0 Å². The van der Waals surface area contributed by atoms with Crippen LogP contribution in [0.2, 0.25) is 0 Å². The van der Waals surface area contributed by atoms with Gasteiger partial charge in [0.1, 0.15) is 0 Å². The first-order valence-corrected chi connectivity index (χ1v) is 8.36. The topological polar surface area (TPSA) is 24.1 Å². The van der Waals surface area contributed by atoms with Crippen LogP contribution in [0.25, 0.3) is 11.1 Å². The zero-order chi connectivity index (χ0) is 15.9. The SMILES string of the molecule is C.CCC(C)Nc1ccc(-c2ccc(NC(C)CC)cc2)cc1. The van der Waals surface area contributed by atoms with Crippen LogP contribution < -0.4 is 10.6 Å². The number of benzene rings is 2. The maximum atomic E-state index is 3.50. The average molecular weight is 313 g/mol. The second-order valence-electron chi connectivity index (χ2n) is 6.06. The van der Waals surface area contributed by atoms with Crippen LogP contribution >= 0.6 is 0 Å². The van der Waals surface area contributed by atoms with Crippen molar-refractivity contribution < 1.29 is 0 Å². The second-order valence-corrected chi connectivity index (χ2v) is 6.06. The highest BCUT2D eigenvalue weighted by Gasteiger charge is 2.02. The summed E-state index contributed by atoms with van der Waals surface area (Å²) in [4.78, 5) is 0. The second kappa shape index (κ2) is 9.24. The molecule has 0 aromatic heterocycles. The molecule has 2 aromatic carbocycles. The molecule has 0 saturated carbocycles. The molecule has 2 nitrogen and oxygen atoms in total. The molecule has 0 spiro atoms. The molecule has 0 fully saturated rings. The molecule has 2 unspecified atom stereocenters. The molecular weight excluding hydrogens is 280 g/mol. The highest BCUT2D eigenvalue weighted by molar-refractivity contribution is 5.68. The van der Waals surface area contributed by atoms with Gasteiger partial charge in [-0.2, -0.15) is 0 Å². The van der Waals surface area contributed by atoms with E-state index in [-0.39, 0.29) is 7.43 Å². The van der Waals surface area contributed by atoms with Crippen LogP contribution in [0.1, 0.15) is 48.0 Å². The Hall–Kier alpha value is -1.96. The molecule has 0 heterocycles. The van der Waals surface area contributed by atoms with Crippen molar-refractivity contribution in [3.05, 3.63) is 48.5 Å². The summed E-state index contributed by atoms with van der Waals surface area (Å²) >= 11 is 0. The minimum Gasteiger partial charge on any atom is -0.383 e. The quantitative estimate of drug-likeness (QED) is 0.617. The van der Waals surface area contributed by atoms with Gasteiger partial charge in [-0.3, -0.25) is 0 Å². The van der Waals surface area contributed by atoms with Gasteiger partial charge in [-0.05, 0) is 62.1 Å². The molecule has 2 atom stereocenters. The predicted molar refractivity (Wildman–Crippen MR) is 105 cm³/mol. The molecule has 23 heavy (non-hydrogen) atoms. The maximum absolute atomic E-state index is 3.50. The summed E-state index contributed by atoms with van der Waals surface area (Å²) in [7, 11) is 0. The molecule has 0 saturated heterocycles. The summed E-state index contributed by atoms with van der Waals surface area (Å²) in [5.41, 5.74) is 4.89. The Balaban J connectivity index is 0.00000264. The van der Waals surface area contributed by atoms with Crippen LogP contribution in [0.5, 0.6) is 0 Å². The first-order valence-electron chi connectivity index (χ1n) is 8.36. The summed E-state index contributed by atoms with van der Waals surface area (Å²) in [5, 5.41) is 6.99. The van der Waals surface area contributed by atoms with Gasteiger partial charge in [0.2, 0.25) is 0 Å². The number of hydrogen-bond donors (Lipinski definition) is 2. The van der Waals surface area contributed by atoms with E-state index in [9.17, 15) is 0 Å². The van der Waals surface area contributed by atoms with Crippen molar-refractivity contribution in [1.29, 1.82) is 0 Å². The Morgan fingerprint density at radius 3 is 1.22 bits per heavy atom. The van der Waals surface area contributed by atoms with E-state index in [0.717, 1.165) is 12.8 Å². The van der Waals surface area contributed by atoms with Gasteiger partial charge in [0.05, 0.1) is 0 Å². The van der Waals surface area contributed by atoms with Crippen LogP contribution in [-0.2, 0) is 0 Å². The molecule has 126 valence electrons. The molecule has 0 amide bonds. The Morgan fingerprint density at radius 1 is 0.652 bits per heavy atom. The smallest absolute Gasteiger partial charge is 0.0342 e. The van der Waals surface area contributed by atoms with Crippen LogP contribution in [0.3, 0.4) is 0 Å². The predicted octanol–water partition coefficient (Wildman–Crippen LogP) is 6.41. The van der Waals surface area contributed by atoms with Crippen LogP contribution in [0.4, 0.5) is 11.4 Å². The summed E-state index contributed by atoms with van der Waals surface area (Å²) in [5.74, 6) is 0. The molecule has 0 bridgehead atoms. The third-order valence-electron chi connectivity index (χ3n) is 4.15. The number of nitrogens with one attached hydrogen (secondary N) is 2. The number of rotatable bonds is 7. The van der Waals surface area contributed by atoms with E-state index in [1.54, 1.807) is 0 Å². The van der Waals surface area contributed by atoms with Crippen molar-refractivity contribution >= 4 is 11.4 Å². The Kier molecular flexibility index (Phi) is 7.67. The monoisotopic (exact) mass is 312 g/mol. The normalized spacial score (nSPS) is 12.9. The van der Waals surface area contributed by atoms with Gasteiger partial charge in [-0.1, -0.05) is 45.5 Å². The van der Waals surface area contributed by atoms with Crippen LogP contribution in [0, 0.1) is 0 Å². The van der Waals surface area contributed by atoms with Gasteiger partial charge in [-0.25, -0.2) is 0 Å². The van der Waals surface area contributed by atoms with E-state index >= 15 is 0 Å². The summed E-state index contributed by atoms with van der Waals surface area (Å²) < 4.78 is 0. The number of anilines is 2. The fourth-order valence-corrected chi connectivity index (χ4v) is 2.29. The zero-order valence-electron chi connectivity index (χ0n) is 14.2. The van der Waals surface area contributed by atoms with E-state index in [1.807, 2.05) is 0 Å². The maximum Gasteiger partial charge on any atom is 0.0342 e. The van der Waals surface area contributed by atoms with Crippen molar-refractivity contribution in [2.45, 2.75) is 60.0 Å². The minimum absolute atomic E-state index is 0. The summed E-state index contributed by atoms with van der Waals surface area (Å²) in [6.07, 6.45) is 2.26. The molecule has 2 heteroatoms. The molecule has 2 aromatic rings. The zero-order valence-corrected chi connectivity index (χ0v) is 14.2. The van der Waals surface area contributed by atoms with Crippen molar-refractivity contribution in [1.82, 2.24) is 0 Å². The molecule has 2 N–H and O–H groups in total. The van der Waals surface area contributed by atoms with E-state index < -0.39 is 0 Å². The van der Waals surface area contributed by atoms with Crippen LogP contribution in [-0.4, -0.2) is 12.1 Å². The van der Waals surface area contributed by atoms with Gasteiger partial charge >= 0.3 is 0 Å². The summed E-state index contributed by atoms with van der Waals surface area (Å²) in [6.45, 7) is 8.80. The van der Waals surface area contributed by atoms with E-state index in [1.165, 1.54) is 22.5 Å². The lowest BCUT2D eigenvalue weighted by molar-refractivity contribution is 0.764. The van der Waals surface area contributed by atoms with Crippen molar-refractivity contribution in [3.8, 4) is 11.1 Å². The Bertz CT molecular complexity index is 504. The molecule has 0 radical (unpaired) electrons. The fourth-order valence-electron chi connectivity index (χ4n) is 2.29. The van der Waals surface area contributed by atoms with Crippen molar-refractivity contribution in [2.24, 2.45) is 0 Å². The lowest BCUT2D eigenvalue weighted by Gasteiger charge is -2.14. The van der Waals surface area contributed by atoms with Gasteiger partial charge < -0.3 is 10.6 Å². The fraction of sp³-hybridized carbons (Fsp3) is 0.429. The Morgan fingerprint density at radius 2 is 0.957 bits per heavy atom. The largest absolute Gasteiger partial charge is 0.383 e. The van der Waals surface area contributed by atoms with Gasteiger partial charge in [0.25, 0.3) is 0 Å². The van der Waals surface area contributed by atoms with E-state index in [0.29, 0.717) is 12.1 Å². The molecule has 2 rings (SSSR count). The highest BCUT2D eigenvalue weighted by atomic mass is 14.9. The first kappa shape index (κ1) is 19.1. The molecular formula is C21H32N2.